The lowest BCUT2D eigenvalue weighted by Gasteiger charge is -2.49. The van der Waals surface area contributed by atoms with Gasteiger partial charge in [0, 0.05) is 36.7 Å². The molecule has 0 bridgehead atoms. The summed E-state index contributed by atoms with van der Waals surface area (Å²) < 4.78 is 6.38. The predicted molar refractivity (Wildman–Crippen MR) is 90.2 cm³/mol. The molecule has 4 unspecified atom stereocenters. The van der Waals surface area contributed by atoms with E-state index in [1.54, 1.807) is 0 Å². The molecule has 4 aliphatic rings. The van der Waals surface area contributed by atoms with Crippen molar-refractivity contribution in [3.63, 3.8) is 0 Å². The summed E-state index contributed by atoms with van der Waals surface area (Å²) in [5.41, 5.74) is 8.26. The van der Waals surface area contributed by atoms with E-state index in [1.807, 2.05) is 0 Å². The Morgan fingerprint density at radius 3 is 2.96 bits per heavy atom. The van der Waals surface area contributed by atoms with Crippen molar-refractivity contribution in [2.24, 2.45) is 5.92 Å². The molecule has 0 radical (unpaired) electrons. The second kappa shape index (κ2) is 5.47. The second-order valence-corrected chi connectivity index (χ2v) is 8.00. The first-order valence-electron chi connectivity index (χ1n) is 9.34. The van der Waals surface area contributed by atoms with Crippen LogP contribution in [0.2, 0.25) is 0 Å². The molecule has 4 atom stereocenters. The highest BCUT2D eigenvalue weighted by atomic mass is 16.5. The average Bonchev–Trinajstić information content (AvgIpc) is 3.01. The van der Waals surface area contributed by atoms with E-state index >= 15 is 0 Å². The molecule has 4 nitrogen and oxygen atoms in total. The van der Waals surface area contributed by atoms with Gasteiger partial charge in [-0.05, 0) is 50.5 Å². The Kier molecular flexibility index (Phi) is 3.39. The van der Waals surface area contributed by atoms with Gasteiger partial charge in [-0.1, -0.05) is 18.2 Å². The highest BCUT2D eigenvalue weighted by Gasteiger charge is 2.46. The molecule has 23 heavy (non-hydrogen) atoms. The fourth-order valence-corrected chi connectivity index (χ4v) is 5.08. The maximum Gasteiger partial charge on any atom is 0.124 e. The van der Waals surface area contributed by atoms with E-state index in [9.17, 15) is 0 Å². The van der Waals surface area contributed by atoms with Gasteiger partial charge in [-0.15, -0.1) is 0 Å². The SMILES string of the molecule is c1ccc2c(c1)OC1(CCC1)CC2NC1CCC2NNCC2C1. The van der Waals surface area contributed by atoms with Gasteiger partial charge < -0.3 is 10.1 Å². The van der Waals surface area contributed by atoms with E-state index in [2.05, 4.69) is 40.4 Å². The normalized spacial score (nSPS) is 37.6. The predicted octanol–water partition coefficient (Wildman–Crippen LogP) is 2.67. The monoisotopic (exact) mass is 313 g/mol. The molecule has 124 valence electrons. The molecule has 1 saturated heterocycles. The molecule has 2 heterocycles. The van der Waals surface area contributed by atoms with Crippen molar-refractivity contribution >= 4 is 0 Å². The van der Waals surface area contributed by atoms with Crippen LogP contribution in [0.1, 0.15) is 56.6 Å². The number of hydrogen-bond acceptors (Lipinski definition) is 4. The van der Waals surface area contributed by atoms with Gasteiger partial charge in [0.2, 0.25) is 0 Å². The summed E-state index contributed by atoms with van der Waals surface area (Å²) in [5.74, 6) is 1.91. The lowest BCUT2D eigenvalue weighted by molar-refractivity contribution is -0.0387. The van der Waals surface area contributed by atoms with Crippen LogP contribution in [0.15, 0.2) is 24.3 Å². The Balaban J connectivity index is 1.35. The maximum atomic E-state index is 6.38. The summed E-state index contributed by atoms with van der Waals surface area (Å²) >= 11 is 0. The fraction of sp³-hybridized carbons (Fsp3) is 0.684. The van der Waals surface area contributed by atoms with Gasteiger partial charge in [0.1, 0.15) is 11.4 Å². The number of ether oxygens (including phenoxy) is 1. The Bertz CT molecular complexity index is 586. The molecule has 0 amide bonds. The van der Waals surface area contributed by atoms with Gasteiger partial charge >= 0.3 is 0 Å². The molecule has 1 aromatic carbocycles. The molecule has 0 aromatic heterocycles. The van der Waals surface area contributed by atoms with Crippen LogP contribution in [-0.4, -0.2) is 24.2 Å². The van der Waals surface area contributed by atoms with Crippen LogP contribution >= 0.6 is 0 Å². The summed E-state index contributed by atoms with van der Waals surface area (Å²) in [5, 5.41) is 4.01. The number of fused-ring (bicyclic) bond motifs is 2. The van der Waals surface area contributed by atoms with E-state index < -0.39 is 0 Å². The molecule has 3 fully saturated rings. The Morgan fingerprint density at radius 1 is 1.17 bits per heavy atom. The van der Waals surface area contributed by atoms with Crippen molar-refractivity contribution in [2.75, 3.05) is 6.54 Å². The molecule has 2 aliphatic heterocycles. The van der Waals surface area contributed by atoms with Gasteiger partial charge in [-0.2, -0.15) is 0 Å². The van der Waals surface area contributed by atoms with Crippen LogP contribution in [0.3, 0.4) is 0 Å². The number of hydrazine groups is 1. The molecular formula is C19H27N3O. The lowest BCUT2D eigenvalue weighted by atomic mass is 9.72. The van der Waals surface area contributed by atoms with E-state index in [1.165, 1.54) is 44.1 Å². The average molecular weight is 313 g/mol. The summed E-state index contributed by atoms with van der Waals surface area (Å²) in [6.45, 7) is 1.12. The van der Waals surface area contributed by atoms with Crippen LogP contribution in [0.5, 0.6) is 5.75 Å². The lowest BCUT2D eigenvalue weighted by Crippen LogP contribution is -2.51. The third kappa shape index (κ3) is 2.48. The van der Waals surface area contributed by atoms with Gasteiger partial charge in [0.05, 0.1) is 0 Å². The standard InChI is InChI=1S/C19H27N3O/c1-2-5-18-15(4-1)17(11-19(23-18)8-3-9-19)21-14-6-7-16-13(10-14)12-20-22-16/h1-2,4-5,13-14,16-17,20-22H,3,6-12H2. The largest absolute Gasteiger partial charge is 0.487 e. The first-order chi connectivity index (χ1) is 11.3. The van der Waals surface area contributed by atoms with Crippen molar-refractivity contribution in [1.82, 2.24) is 16.2 Å². The smallest absolute Gasteiger partial charge is 0.124 e. The highest BCUT2D eigenvalue weighted by molar-refractivity contribution is 5.39. The highest BCUT2D eigenvalue weighted by Crippen LogP contribution is 2.49. The zero-order valence-corrected chi connectivity index (χ0v) is 13.7. The van der Waals surface area contributed by atoms with Crippen LogP contribution in [0.4, 0.5) is 0 Å². The summed E-state index contributed by atoms with van der Waals surface area (Å²) in [7, 11) is 0. The zero-order chi connectivity index (χ0) is 15.3. The maximum absolute atomic E-state index is 6.38. The minimum absolute atomic E-state index is 0.125. The molecule has 5 rings (SSSR count). The minimum atomic E-state index is 0.125. The van der Waals surface area contributed by atoms with Crippen molar-refractivity contribution in [3.05, 3.63) is 29.8 Å². The van der Waals surface area contributed by atoms with Crippen molar-refractivity contribution in [3.8, 4) is 5.75 Å². The molecule has 1 aromatic rings. The first kappa shape index (κ1) is 14.3. The van der Waals surface area contributed by atoms with Crippen molar-refractivity contribution in [1.29, 1.82) is 0 Å². The third-order valence-corrected chi connectivity index (χ3v) is 6.53. The number of rotatable bonds is 2. The molecule has 1 spiro atoms. The number of hydrogen-bond donors (Lipinski definition) is 3. The fourth-order valence-electron chi connectivity index (χ4n) is 5.08. The van der Waals surface area contributed by atoms with Gasteiger partial charge in [-0.3, -0.25) is 10.9 Å². The van der Waals surface area contributed by atoms with E-state index in [4.69, 9.17) is 4.74 Å². The molecule has 3 N–H and O–H groups in total. The molecular weight excluding hydrogens is 286 g/mol. The van der Waals surface area contributed by atoms with E-state index in [-0.39, 0.29) is 5.60 Å². The Hall–Kier alpha value is -1.10. The van der Waals surface area contributed by atoms with E-state index in [0.717, 1.165) is 24.6 Å². The molecule has 2 aliphatic carbocycles. The summed E-state index contributed by atoms with van der Waals surface area (Å²) in [6, 6.07) is 10.5. The van der Waals surface area contributed by atoms with Crippen molar-refractivity contribution < 1.29 is 4.74 Å². The number of benzene rings is 1. The van der Waals surface area contributed by atoms with Crippen LogP contribution in [0.25, 0.3) is 0 Å². The summed E-state index contributed by atoms with van der Waals surface area (Å²) in [6.07, 6.45) is 8.76. The Morgan fingerprint density at radius 2 is 2.09 bits per heavy atom. The van der Waals surface area contributed by atoms with Gasteiger partial charge in [0.15, 0.2) is 0 Å². The van der Waals surface area contributed by atoms with Crippen LogP contribution in [0, 0.1) is 5.92 Å². The first-order valence-corrected chi connectivity index (χ1v) is 9.34. The second-order valence-electron chi connectivity index (χ2n) is 8.00. The van der Waals surface area contributed by atoms with E-state index in [0.29, 0.717) is 18.1 Å². The topological polar surface area (TPSA) is 45.3 Å². The number of nitrogens with one attached hydrogen (secondary N) is 3. The quantitative estimate of drug-likeness (QED) is 0.785. The summed E-state index contributed by atoms with van der Waals surface area (Å²) in [4.78, 5) is 0. The molecule has 4 heteroatoms. The zero-order valence-electron chi connectivity index (χ0n) is 13.7. The number of para-hydroxylation sites is 1. The van der Waals surface area contributed by atoms with Crippen LogP contribution < -0.4 is 20.9 Å². The third-order valence-electron chi connectivity index (χ3n) is 6.53. The van der Waals surface area contributed by atoms with Crippen LogP contribution in [-0.2, 0) is 0 Å². The van der Waals surface area contributed by atoms with Gasteiger partial charge in [-0.25, -0.2) is 0 Å². The molecule has 2 saturated carbocycles. The van der Waals surface area contributed by atoms with Gasteiger partial charge in [0.25, 0.3) is 0 Å². The van der Waals surface area contributed by atoms with Crippen molar-refractivity contribution in [2.45, 2.75) is 68.7 Å². The Labute approximate surface area is 138 Å². The minimum Gasteiger partial charge on any atom is -0.487 e.